The largest absolute Gasteiger partial charge is 0.397 e. The number of hydrogen-bond donors (Lipinski definition) is 1. The zero-order chi connectivity index (χ0) is 13.6. The summed E-state index contributed by atoms with van der Waals surface area (Å²) in [6, 6.07) is 3.79. The summed E-state index contributed by atoms with van der Waals surface area (Å²) in [6.45, 7) is 2.95. The zero-order valence-electron chi connectivity index (χ0n) is 11.0. The van der Waals surface area contributed by atoms with E-state index in [1.54, 1.807) is 0 Å². The Kier molecular flexibility index (Phi) is 2.58. The van der Waals surface area contributed by atoms with Gasteiger partial charge in [-0.3, -0.25) is 0 Å². The second-order valence-electron chi connectivity index (χ2n) is 5.27. The van der Waals surface area contributed by atoms with Crippen molar-refractivity contribution in [3.8, 4) is 0 Å². The highest BCUT2D eigenvalue weighted by atomic mass is 16.7. The third kappa shape index (κ3) is 1.74. The number of nitrogen functional groups attached to an aromatic ring is 1. The molecule has 0 bridgehead atoms. The van der Waals surface area contributed by atoms with E-state index in [0.717, 1.165) is 25.1 Å². The van der Waals surface area contributed by atoms with Crippen LogP contribution in [0.3, 0.4) is 0 Å². The second kappa shape index (κ2) is 4.32. The van der Waals surface area contributed by atoms with Gasteiger partial charge in [-0.05, 0) is 28.9 Å². The number of nitrogens with zero attached hydrogens (tertiary/aromatic N) is 3. The maximum absolute atomic E-state index is 5.88. The van der Waals surface area contributed by atoms with Crippen molar-refractivity contribution in [2.24, 2.45) is 0 Å². The molecule has 0 atom stereocenters. The van der Waals surface area contributed by atoms with Crippen molar-refractivity contribution in [2.45, 2.75) is 18.6 Å². The van der Waals surface area contributed by atoms with Crippen molar-refractivity contribution < 1.29 is 14.1 Å². The van der Waals surface area contributed by atoms with Crippen LogP contribution < -0.4 is 10.6 Å². The normalized spacial score (nSPS) is 21.9. The van der Waals surface area contributed by atoms with Crippen LogP contribution in [0, 0.1) is 0 Å². The predicted octanol–water partition coefficient (Wildman–Crippen LogP) is 1.15. The molecule has 106 valence electrons. The first-order valence-electron chi connectivity index (χ1n) is 6.81. The molecule has 7 nitrogen and oxygen atoms in total. The number of rotatable bonds is 1. The lowest BCUT2D eigenvalue weighted by Gasteiger charge is -2.39. The van der Waals surface area contributed by atoms with E-state index in [-0.39, 0.29) is 0 Å². The SMILES string of the molecule is Nc1ccc(N2CCCC3(C2)OCCO3)c2nonc12. The minimum Gasteiger partial charge on any atom is -0.397 e. The van der Waals surface area contributed by atoms with Gasteiger partial charge in [0.05, 0.1) is 31.1 Å². The van der Waals surface area contributed by atoms with Crippen molar-refractivity contribution in [1.29, 1.82) is 0 Å². The molecule has 1 aromatic heterocycles. The third-order valence-corrected chi connectivity index (χ3v) is 4.00. The molecule has 20 heavy (non-hydrogen) atoms. The Morgan fingerprint density at radius 3 is 2.80 bits per heavy atom. The zero-order valence-corrected chi connectivity index (χ0v) is 11.0. The first-order chi connectivity index (χ1) is 9.77. The Morgan fingerprint density at radius 1 is 1.15 bits per heavy atom. The molecule has 1 spiro atoms. The van der Waals surface area contributed by atoms with Crippen LogP contribution in [0.5, 0.6) is 0 Å². The molecule has 7 heteroatoms. The van der Waals surface area contributed by atoms with Crippen molar-refractivity contribution >= 4 is 22.4 Å². The van der Waals surface area contributed by atoms with Gasteiger partial charge in [-0.15, -0.1) is 0 Å². The molecule has 2 fully saturated rings. The molecule has 0 radical (unpaired) electrons. The molecule has 4 rings (SSSR count). The van der Waals surface area contributed by atoms with Crippen molar-refractivity contribution in [3.63, 3.8) is 0 Å². The standard InChI is InChI=1S/C13H16N4O3/c14-9-2-3-10(12-11(9)15-20-16-12)17-5-1-4-13(8-17)18-6-7-19-13/h2-3H,1,4-8,14H2. The van der Waals surface area contributed by atoms with E-state index in [9.17, 15) is 0 Å². The molecular weight excluding hydrogens is 260 g/mol. The number of piperidine rings is 1. The highest BCUT2D eigenvalue weighted by molar-refractivity contribution is 5.95. The van der Waals surface area contributed by atoms with Gasteiger partial charge in [-0.2, -0.15) is 0 Å². The highest BCUT2D eigenvalue weighted by Gasteiger charge is 2.41. The van der Waals surface area contributed by atoms with Gasteiger partial charge in [0.1, 0.15) is 0 Å². The summed E-state index contributed by atoms with van der Waals surface area (Å²) in [5.74, 6) is -0.469. The van der Waals surface area contributed by atoms with Crippen LogP contribution >= 0.6 is 0 Å². The molecule has 2 aliphatic heterocycles. The van der Waals surface area contributed by atoms with Crippen LogP contribution in [0.2, 0.25) is 0 Å². The third-order valence-electron chi connectivity index (χ3n) is 4.00. The number of benzene rings is 1. The molecule has 0 amide bonds. The smallest absolute Gasteiger partial charge is 0.186 e. The van der Waals surface area contributed by atoms with Crippen molar-refractivity contribution in [2.75, 3.05) is 36.9 Å². The van der Waals surface area contributed by atoms with Gasteiger partial charge >= 0.3 is 0 Å². The molecular formula is C13H16N4O3. The summed E-state index contributed by atoms with van der Waals surface area (Å²) in [6.07, 6.45) is 1.94. The van der Waals surface area contributed by atoms with Gasteiger partial charge in [0, 0.05) is 13.0 Å². The van der Waals surface area contributed by atoms with Gasteiger partial charge < -0.3 is 20.1 Å². The van der Waals surface area contributed by atoms with E-state index >= 15 is 0 Å². The van der Waals surface area contributed by atoms with Crippen LogP contribution in [0.25, 0.3) is 11.0 Å². The molecule has 0 aliphatic carbocycles. The summed E-state index contributed by atoms with van der Waals surface area (Å²) in [4.78, 5) is 2.21. The average Bonchev–Trinajstić information content (AvgIpc) is 3.10. The second-order valence-corrected chi connectivity index (χ2v) is 5.27. The fourth-order valence-corrected chi connectivity index (χ4v) is 3.05. The van der Waals surface area contributed by atoms with E-state index in [1.165, 1.54) is 0 Å². The molecule has 2 saturated heterocycles. The van der Waals surface area contributed by atoms with Crippen molar-refractivity contribution in [3.05, 3.63) is 12.1 Å². The van der Waals surface area contributed by atoms with Gasteiger partial charge in [0.25, 0.3) is 0 Å². The molecule has 3 heterocycles. The summed E-state index contributed by atoms with van der Waals surface area (Å²) in [7, 11) is 0. The highest BCUT2D eigenvalue weighted by Crippen LogP contribution is 2.35. The minimum atomic E-state index is -0.469. The first kappa shape index (κ1) is 11.9. The lowest BCUT2D eigenvalue weighted by molar-refractivity contribution is -0.161. The minimum absolute atomic E-state index is 0.469. The van der Waals surface area contributed by atoms with Crippen LogP contribution in [0.1, 0.15) is 12.8 Å². The quantitative estimate of drug-likeness (QED) is 0.782. The Balaban J connectivity index is 1.72. The van der Waals surface area contributed by atoms with Gasteiger partial charge in [-0.25, -0.2) is 4.63 Å². The topological polar surface area (TPSA) is 86.6 Å². The Labute approximate surface area is 115 Å². The Morgan fingerprint density at radius 2 is 1.95 bits per heavy atom. The number of fused-ring (bicyclic) bond motifs is 1. The van der Waals surface area contributed by atoms with Crippen molar-refractivity contribution in [1.82, 2.24) is 10.3 Å². The molecule has 2 aliphatic rings. The van der Waals surface area contributed by atoms with E-state index < -0.39 is 5.79 Å². The average molecular weight is 276 g/mol. The molecule has 1 aromatic carbocycles. The van der Waals surface area contributed by atoms with Gasteiger partial charge in [0.2, 0.25) is 0 Å². The molecule has 0 unspecified atom stereocenters. The van der Waals surface area contributed by atoms with Crippen LogP contribution in [-0.2, 0) is 9.47 Å². The van der Waals surface area contributed by atoms with E-state index in [2.05, 4.69) is 15.2 Å². The predicted molar refractivity (Wildman–Crippen MR) is 72.3 cm³/mol. The molecule has 2 aromatic rings. The summed E-state index contributed by atoms with van der Waals surface area (Å²) in [5.41, 5.74) is 8.73. The Bertz CT molecular complexity index is 636. The molecule has 0 saturated carbocycles. The summed E-state index contributed by atoms with van der Waals surface area (Å²) in [5, 5.41) is 7.84. The number of hydrogen-bond acceptors (Lipinski definition) is 7. The number of aromatic nitrogens is 2. The lowest BCUT2D eigenvalue weighted by atomic mass is 10.0. The Hall–Kier alpha value is -1.86. The fraction of sp³-hybridized carbons (Fsp3) is 0.538. The van der Waals surface area contributed by atoms with Gasteiger partial charge in [-0.1, -0.05) is 0 Å². The maximum atomic E-state index is 5.88. The summed E-state index contributed by atoms with van der Waals surface area (Å²) >= 11 is 0. The number of anilines is 2. The van der Waals surface area contributed by atoms with E-state index in [4.69, 9.17) is 19.8 Å². The van der Waals surface area contributed by atoms with Crippen LogP contribution in [0.4, 0.5) is 11.4 Å². The van der Waals surface area contributed by atoms with E-state index in [0.29, 0.717) is 36.5 Å². The van der Waals surface area contributed by atoms with Crippen LogP contribution in [-0.4, -0.2) is 42.4 Å². The van der Waals surface area contributed by atoms with Gasteiger partial charge in [0.15, 0.2) is 16.8 Å². The number of ether oxygens (including phenoxy) is 2. The number of nitrogens with two attached hydrogens (primary N) is 1. The summed E-state index contributed by atoms with van der Waals surface area (Å²) < 4.78 is 16.4. The fourth-order valence-electron chi connectivity index (χ4n) is 3.05. The lowest BCUT2D eigenvalue weighted by Crippen LogP contribution is -2.49. The van der Waals surface area contributed by atoms with Crippen LogP contribution in [0.15, 0.2) is 16.8 Å². The maximum Gasteiger partial charge on any atom is 0.186 e. The first-order valence-corrected chi connectivity index (χ1v) is 6.81. The monoisotopic (exact) mass is 276 g/mol. The molecule has 2 N–H and O–H groups in total. The van der Waals surface area contributed by atoms with E-state index in [1.807, 2.05) is 12.1 Å².